The van der Waals surface area contributed by atoms with E-state index < -0.39 is 11.9 Å². The number of benzene rings is 2. The predicted molar refractivity (Wildman–Crippen MR) is 159 cm³/mol. The normalized spacial score (nSPS) is 14.0. The Hall–Kier alpha value is -3.89. The molecule has 1 aliphatic rings. The van der Waals surface area contributed by atoms with Crippen molar-refractivity contribution in [2.24, 2.45) is 0 Å². The van der Waals surface area contributed by atoms with Crippen molar-refractivity contribution in [1.82, 2.24) is 10.1 Å². The van der Waals surface area contributed by atoms with Crippen LogP contribution >= 0.6 is 11.6 Å². The number of aromatic nitrogens is 1. The smallest absolute Gasteiger partial charge is 0.328 e. The molecule has 226 valence electrons. The zero-order chi connectivity index (χ0) is 30.5. The highest BCUT2D eigenvalue weighted by atomic mass is 35.5. The number of carboxylic acids is 2. The Kier molecular flexibility index (Phi) is 12.8. The van der Waals surface area contributed by atoms with Crippen molar-refractivity contribution in [2.45, 2.75) is 51.4 Å². The molecule has 1 fully saturated rings. The number of Topliss-reactive ketones (excluding diaryl/α,β-unsaturated/α-hetero) is 1. The number of fused-ring (bicyclic) bond motifs is 1. The molecule has 10 nitrogen and oxygen atoms in total. The molecule has 1 aromatic heterocycles. The largest absolute Gasteiger partial charge is 0.493 e. The molecule has 2 aromatic carbocycles. The second-order valence-corrected chi connectivity index (χ2v) is 10.4. The van der Waals surface area contributed by atoms with Gasteiger partial charge < -0.3 is 29.1 Å². The molecule has 0 spiro atoms. The summed E-state index contributed by atoms with van der Waals surface area (Å²) in [5, 5.41) is 21.7. The molecule has 11 heteroatoms. The van der Waals surface area contributed by atoms with Crippen molar-refractivity contribution in [3.05, 3.63) is 64.8 Å². The van der Waals surface area contributed by atoms with E-state index in [1.807, 2.05) is 43.3 Å². The summed E-state index contributed by atoms with van der Waals surface area (Å²) in [7, 11) is 1.63. The molecular weight excluding hydrogens is 564 g/mol. The Morgan fingerprint density at radius 1 is 1.05 bits per heavy atom. The third kappa shape index (κ3) is 10.2. The summed E-state index contributed by atoms with van der Waals surface area (Å²) < 4.78 is 16.9. The number of carboxylic acid groups (broad SMARTS) is 2. The lowest BCUT2D eigenvalue weighted by atomic mass is 9.91. The van der Waals surface area contributed by atoms with Gasteiger partial charge in [0.2, 0.25) is 0 Å². The first kappa shape index (κ1) is 32.6. The molecule has 0 amide bonds. The second-order valence-electron chi connectivity index (χ2n) is 9.94. The Morgan fingerprint density at radius 3 is 2.40 bits per heavy atom. The number of hydrogen-bond acceptors (Lipinski definition) is 8. The van der Waals surface area contributed by atoms with Gasteiger partial charge in [-0.05, 0) is 75.1 Å². The molecule has 0 atom stereocenters. The van der Waals surface area contributed by atoms with E-state index >= 15 is 0 Å². The van der Waals surface area contributed by atoms with Crippen LogP contribution in [0, 0.1) is 0 Å². The molecule has 0 aliphatic carbocycles. The van der Waals surface area contributed by atoms with E-state index in [1.54, 1.807) is 7.11 Å². The summed E-state index contributed by atoms with van der Waals surface area (Å²) in [6.07, 6.45) is 6.34. The summed E-state index contributed by atoms with van der Waals surface area (Å²) in [6.45, 7) is 5.74. The SMILES string of the molecule is CCC(=O)Cc1ccc(OCCCCN2CCC(c3noc4cc(Cl)ccc34)CC2)c(OC)c1.O=C(O)/C=C/C(=O)O. The third-order valence-electron chi connectivity index (χ3n) is 6.95. The molecule has 1 aliphatic heterocycles. The molecule has 42 heavy (non-hydrogen) atoms. The first-order valence-electron chi connectivity index (χ1n) is 13.9. The molecule has 3 aromatic rings. The number of nitrogens with zero attached hydrogens (tertiary/aromatic N) is 2. The molecule has 2 N–H and O–H groups in total. The number of unbranched alkanes of at least 4 members (excludes halogenated alkanes) is 1. The number of aliphatic carboxylic acids is 2. The standard InChI is InChI=1S/C27H33ClN2O4.C4H4O4/c1-3-22(31)16-19-6-9-24(26(17-19)32-2)33-15-5-4-12-30-13-10-20(11-14-30)27-23-8-7-21(28)18-25(23)34-29-27;5-3(6)1-2-4(7)8/h6-9,17-18,20H,3-5,10-16H2,1-2H3;1-2H,(H,5,6)(H,7,8)/b;2-1+. The van der Waals surface area contributed by atoms with E-state index in [9.17, 15) is 14.4 Å². The lowest BCUT2D eigenvalue weighted by molar-refractivity contribution is -0.134. The Morgan fingerprint density at radius 2 is 1.76 bits per heavy atom. The third-order valence-corrected chi connectivity index (χ3v) is 7.19. The van der Waals surface area contributed by atoms with Gasteiger partial charge in [0, 0.05) is 47.4 Å². The zero-order valence-electron chi connectivity index (χ0n) is 23.9. The molecule has 0 bridgehead atoms. The number of ether oxygens (including phenoxy) is 2. The molecule has 4 rings (SSSR count). The first-order chi connectivity index (χ1) is 20.2. The predicted octanol–water partition coefficient (Wildman–Crippen LogP) is 5.76. The highest BCUT2D eigenvalue weighted by Gasteiger charge is 2.24. The van der Waals surface area contributed by atoms with Gasteiger partial charge in [-0.3, -0.25) is 4.79 Å². The topological polar surface area (TPSA) is 139 Å². The van der Waals surface area contributed by atoms with Crippen LogP contribution in [0.3, 0.4) is 0 Å². The number of carbonyl (C=O) groups is 3. The number of carbonyl (C=O) groups excluding carboxylic acids is 1. The Balaban J connectivity index is 0.000000531. The number of likely N-dealkylation sites (tertiary alicyclic amines) is 1. The van der Waals surface area contributed by atoms with E-state index in [4.69, 9.17) is 35.8 Å². The first-order valence-corrected chi connectivity index (χ1v) is 14.3. The quantitative estimate of drug-likeness (QED) is 0.184. The molecule has 0 radical (unpaired) electrons. The van der Waals surface area contributed by atoms with Crippen LogP contribution < -0.4 is 9.47 Å². The van der Waals surface area contributed by atoms with Crippen molar-refractivity contribution in [1.29, 1.82) is 0 Å². The van der Waals surface area contributed by atoms with Gasteiger partial charge in [0.15, 0.2) is 17.1 Å². The van der Waals surface area contributed by atoms with E-state index in [2.05, 4.69) is 10.1 Å². The number of ketones is 1. The minimum Gasteiger partial charge on any atom is -0.493 e. The number of hydrogen-bond donors (Lipinski definition) is 2. The fraction of sp³-hybridized carbons (Fsp3) is 0.419. The molecule has 1 saturated heterocycles. The maximum absolute atomic E-state index is 11.7. The van der Waals surface area contributed by atoms with Gasteiger partial charge in [0.25, 0.3) is 0 Å². The minimum absolute atomic E-state index is 0.221. The van der Waals surface area contributed by atoms with Gasteiger partial charge >= 0.3 is 11.9 Å². The van der Waals surface area contributed by atoms with Gasteiger partial charge in [0.05, 0.1) is 19.4 Å². The van der Waals surface area contributed by atoms with Crippen molar-refractivity contribution in [3.8, 4) is 11.5 Å². The van der Waals surface area contributed by atoms with E-state index in [-0.39, 0.29) is 5.78 Å². The van der Waals surface area contributed by atoms with Crippen LogP contribution in [-0.4, -0.2) is 71.3 Å². The van der Waals surface area contributed by atoms with Gasteiger partial charge in [-0.15, -0.1) is 0 Å². The fourth-order valence-electron chi connectivity index (χ4n) is 4.71. The Bertz CT molecular complexity index is 1360. The Labute approximate surface area is 249 Å². The van der Waals surface area contributed by atoms with Crippen molar-refractivity contribution in [3.63, 3.8) is 0 Å². The van der Waals surface area contributed by atoms with Gasteiger partial charge in [0.1, 0.15) is 5.78 Å². The zero-order valence-corrected chi connectivity index (χ0v) is 24.6. The summed E-state index contributed by atoms with van der Waals surface area (Å²) in [4.78, 5) is 33.3. The lowest BCUT2D eigenvalue weighted by Gasteiger charge is -2.31. The monoisotopic (exact) mass is 600 g/mol. The van der Waals surface area contributed by atoms with Gasteiger partial charge in [-0.25, -0.2) is 9.59 Å². The fourth-order valence-corrected chi connectivity index (χ4v) is 4.87. The van der Waals surface area contributed by atoms with Gasteiger partial charge in [-0.2, -0.15) is 0 Å². The van der Waals surface area contributed by atoms with Crippen LogP contribution in [0.15, 0.2) is 53.1 Å². The minimum atomic E-state index is -1.26. The lowest BCUT2D eigenvalue weighted by Crippen LogP contribution is -2.34. The second kappa shape index (κ2) is 16.5. The van der Waals surface area contributed by atoms with Gasteiger partial charge in [-0.1, -0.05) is 29.7 Å². The van der Waals surface area contributed by atoms with Crippen LogP contribution in [0.2, 0.25) is 5.02 Å². The molecular formula is C31H37ClN2O8. The molecule has 0 saturated carbocycles. The summed E-state index contributed by atoms with van der Waals surface area (Å²) >= 11 is 6.06. The van der Waals surface area contributed by atoms with Crippen molar-refractivity contribution < 1.29 is 38.6 Å². The molecule has 2 heterocycles. The number of methoxy groups -OCH3 is 1. The van der Waals surface area contributed by atoms with Crippen LogP contribution in [0.1, 0.15) is 56.2 Å². The summed E-state index contributed by atoms with van der Waals surface area (Å²) in [5.41, 5.74) is 2.80. The van der Waals surface area contributed by atoms with Crippen LogP contribution in [0.25, 0.3) is 11.0 Å². The summed E-state index contributed by atoms with van der Waals surface area (Å²) in [6, 6.07) is 11.5. The highest BCUT2D eigenvalue weighted by molar-refractivity contribution is 6.31. The number of rotatable bonds is 13. The highest BCUT2D eigenvalue weighted by Crippen LogP contribution is 2.33. The average molecular weight is 601 g/mol. The van der Waals surface area contributed by atoms with Crippen LogP contribution in [-0.2, 0) is 20.8 Å². The van der Waals surface area contributed by atoms with Crippen molar-refractivity contribution >= 4 is 40.3 Å². The van der Waals surface area contributed by atoms with Crippen LogP contribution in [0.5, 0.6) is 11.5 Å². The van der Waals surface area contributed by atoms with E-state index in [1.165, 1.54) is 0 Å². The van der Waals surface area contributed by atoms with Crippen LogP contribution in [0.4, 0.5) is 0 Å². The maximum atomic E-state index is 11.7. The molecule has 0 unspecified atom stereocenters. The van der Waals surface area contributed by atoms with E-state index in [0.717, 1.165) is 73.3 Å². The van der Waals surface area contributed by atoms with E-state index in [0.29, 0.717) is 48.3 Å². The number of piperidine rings is 1. The van der Waals surface area contributed by atoms with Crippen molar-refractivity contribution in [2.75, 3.05) is 33.4 Å². The maximum Gasteiger partial charge on any atom is 0.328 e. The average Bonchev–Trinajstić information content (AvgIpc) is 3.40. The summed E-state index contributed by atoms with van der Waals surface area (Å²) in [5.74, 6) is -0.438. The number of halogens is 1.